The SMILES string of the molecule is COc1ccc(C23CCC(C(NC(=O)C4CCC(OC(=O)N5CC(O)C5)CC4)c4cc(-c5cnn(C(C)C)c5)ccn4)(CC2)CC3)nc1C. The summed E-state index contributed by atoms with van der Waals surface area (Å²) in [6.07, 6.45) is 13.5. The minimum atomic E-state index is -0.458. The number of aryl methyl sites for hydroxylation is 1. The van der Waals surface area contributed by atoms with Crippen LogP contribution < -0.4 is 10.1 Å². The average molecular weight is 671 g/mol. The second kappa shape index (κ2) is 13.4. The van der Waals surface area contributed by atoms with Crippen LogP contribution in [0.25, 0.3) is 11.1 Å². The molecule has 5 fully saturated rings. The Kier molecular flexibility index (Phi) is 9.15. The summed E-state index contributed by atoms with van der Waals surface area (Å²) in [5, 5.41) is 17.7. The fourth-order valence-corrected chi connectivity index (χ4v) is 8.71. The van der Waals surface area contributed by atoms with Crippen LogP contribution in [0.2, 0.25) is 0 Å². The second-order valence-corrected chi connectivity index (χ2v) is 15.3. The molecule has 49 heavy (non-hydrogen) atoms. The van der Waals surface area contributed by atoms with E-state index in [1.165, 1.54) is 4.90 Å². The van der Waals surface area contributed by atoms with Crippen molar-refractivity contribution < 1.29 is 24.2 Å². The number of hydrogen-bond donors (Lipinski definition) is 2. The van der Waals surface area contributed by atoms with Gasteiger partial charge in [0.1, 0.15) is 11.9 Å². The van der Waals surface area contributed by atoms with Gasteiger partial charge in [0, 0.05) is 41.0 Å². The number of nitrogens with one attached hydrogen (secondary N) is 1. The van der Waals surface area contributed by atoms with Gasteiger partial charge in [-0.05, 0) is 120 Å². The number of aliphatic hydroxyl groups excluding tert-OH is 1. The van der Waals surface area contributed by atoms with Crippen molar-refractivity contribution in [3.8, 4) is 16.9 Å². The first-order valence-corrected chi connectivity index (χ1v) is 18.0. The minimum Gasteiger partial charge on any atom is -0.495 e. The Morgan fingerprint density at radius 2 is 1.71 bits per heavy atom. The number of amides is 2. The van der Waals surface area contributed by atoms with Gasteiger partial charge in [0.05, 0.1) is 49.9 Å². The van der Waals surface area contributed by atoms with Crippen molar-refractivity contribution in [1.82, 2.24) is 30.0 Å². The summed E-state index contributed by atoms with van der Waals surface area (Å²) >= 11 is 0. The largest absolute Gasteiger partial charge is 0.495 e. The lowest BCUT2D eigenvalue weighted by molar-refractivity contribution is -0.129. The van der Waals surface area contributed by atoms with E-state index < -0.39 is 6.10 Å². The van der Waals surface area contributed by atoms with E-state index in [4.69, 9.17) is 19.4 Å². The van der Waals surface area contributed by atoms with Crippen molar-refractivity contribution in [2.75, 3.05) is 20.2 Å². The van der Waals surface area contributed by atoms with Crippen LogP contribution in [0.1, 0.15) is 107 Å². The molecule has 0 spiro atoms. The van der Waals surface area contributed by atoms with Crippen LogP contribution in [0.3, 0.4) is 0 Å². The number of methoxy groups -OCH3 is 1. The third kappa shape index (κ3) is 6.54. The Morgan fingerprint density at radius 3 is 2.33 bits per heavy atom. The predicted molar refractivity (Wildman–Crippen MR) is 184 cm³/mol. The number of β-amino-alcohol motifs (C(OH)–C–C–N with tert-alkyl or cyclic N) is 1. The highest BCUT2D eigenvalue weighted by atomic mass is 16.6. The molecule has 0 aromatic carbocycles. The van der Waals surface area contributed by atoms with E-state index >= 15 is 0 Å². The number of rotatable bonds is 9. The quantitative estimate of drug-likeness (QED) is 0.281. The van der Waals surface area contributed by atoms with Crippen molar-refractivity contribution in [2.24, 2.45) is 11.3 Å². The van der Waals surface area contributed by atoms with E-state index in [0.29, 0.717) is 38.8 Å². The molecule has 1 unspecified atom stereocenters. The highest BCUT2D eigenvalue weighted by Crippen LogP contribution is 2.61. The van der Waals surface area contributed by atoms with Gasteiger partial charge in [-0.1, -0.05) is 0 Å². The number of carbonyl (C=O) groups is 2. The number of aliphatic hydroxyl groups is 1. The molecular weight excluding hydrogens is 620 g/mol. The third-order valence-corrected chi connectivity index (χ3v) is 12.0. The maximum absolute atomic E-state index is 14.1. The highest BCUT2D eigenvalue weighted by molar-refractivity contribution is 5.79. The van der Waals surface area contributed by atoms with Crippen LogP contribution in [0.15, 0.2) is 42.9 Å². The number of likely N-dealkylation sites (tertiary alicyclic amines) is 1. The van der Waals surface area contributed by atoms with E-state index in [1.807, 2.05) is 36.1 Å². The normalized spacial score (nSPS) is 27.4. The lowest BCUT2D eigenvalue weighted by atomic mass is 9.50. The van der Waals surface area contributed by atoms with Crippen LogP contribution in [0, 0.1) is 18.3 Å². The molecule has 2 N–H and O–H groups in total. The average Bonchev–Trinajstić information content (AvgIpc) is 3.61. The first kappa shape index (κ1) is 33.5. The van der Waals surface area contributed by atoms with Gasteiger partial charge in [-0.3, -0.25) is 19.4 Å². The summed E-state index contributed by atoms with van der Waals surface area (Å²) in [5.74, 6) is 0.728. The Morgan fingerprint density at radius 1 is 1.00 bits per heavy atom. The molecule has 2 bridgehead atoms. The highest BCUT2D eigenvalue weighted by Gasteiger charge is 2.54. The number of hydrogen-bond acceptors (Lipinski definition) is 8. The summed E-state index contributed by atoms with van der Waals surface area (Å²) in [6.45, 7) is 6.89. The third-order valence-electron chi connectivity index (χ3n) is 12.0. The fraction of sp³-hybridized carbons (Fsp3) is 0.605. The monoisotopic (exact) mass is 670 g/mol. The number of aromatic nitrogens is 4. The van der Waals surface area contributed by atoms with Gasteiger partial charge in [0.15, 0.2) is 0 Å². The second-order valence-electron chi connectivity index (χ2n) is 15.3. The van der Waals surface area contributed by atoms with Crippen LogP contribution in [-0.4, -0.2) is 74.2 Å². The lowest BCUT2D eigenvalue weighted by Crippen LogP contribution is -2.54. The van der Waals surface area contributed by atoms with Crippen molar-refractivity contribution in [3.63, 3.8) is 0 Å². The molecular formula is C38H50N6O5. The Labute approximate surface area is 288 Å². The lowest BCUT2D eigenvalue weighted by Gasteiger charge is -2.56. The van der Waals surface area contributed by atoms with Crippen LogP contribution in [-0.2, 0) is 14.9 Å². The molecule has 4 saturated carbocycles. The molecule has 2 amide bonds. The molecule has 8 rings (SSSR count). The summed E-state index contributed by atoms with van der Waals surface area (Å²) in [6, 6.07) is 8.40. The van der Waals surface area contributed by atoms with E-state index in [1.54, 1.807) is 7.11 Å². The first-order chi connectivity index (χ1) is 23.6. The van der Waals surface area contributed by atoms with Crippen LogP contribution >= 0.6 is 0 Å². The summed E-state index contributed by atoms with van der Waals surface area (Å²) in [4.78, 5) is 38.0. The molecule has 1 saturated heterocycles. The smallest absolute Gasteiger partial charge is 0.410 e. The summed E-state index contributed by atoms with van der Waals surface area (Å²) < 4.78 is 13.2. The minimum absolute atomic E-state index is 0.0397. The van der Waals surface area contributed by atoms with E-state index in [0.717, 1.165) is 72.5 Å². The zero-order chi connectivity index (χ0) is 34.3. The molecule has 11 heteroatoms. The Bertz CT molecular complexity index is 1650. The molecule has 4 aliphatic carbocycles. The van der Waals surface area contributed by atoms with Crippen molar-refractivity contribution in [3.05, 3.63) is 59.9 Å². The first-order valence-electron chi connectivity index (χ1n) is 18.0. The summed E-state index contributed by atoms with van der Waals surface area (Å²) in [7, 11) is 1.69. The van der Waals surface area contributed by atoms with Crippen LogP contribution in [0.4, 0.5) is 4.79 Å². The maximum Gasteiger partial charge on any atom is 0.410 e. The molecule has 1 atom stereocenters. The molecule has 11 nitrogen and oxygen atoms in total. The fourth-order valence-electron chi connectivity index (χ4n) is 8.71. The number of carbonyl (C=O) groups excluding carboxylic acids is 2. The Balaban J connectivity index is 1.10. The zero-order valence-corrected chi connectivity index (χ0v) is 29.2. The number of ether oxygens (including phenoxy) is 2. The number of fused-ring (bicyclic) bond motifs is 3. The van der Waals surface area contributed by atoms with Gasteiger partial charge in [-0.15, -0.1) is 0 Å². The van der Waals surface area contributed by atoms with E-state index in [-0.39, 0.29) is 46.9 Å². The molecule has 3 aromatic heterocycles. The zero-order valence-electron chi connectivity index (χ0n) is 29.2. The van der Waals surface area contributed by atoms with Gasteiger partial charge in [0.25, 0.3) is 0 Å². The summed E-state index contributed by atoms with van der Waals surface area (Å²) in [5.41, 5.74) is 4.99. The number of nitrogens with zero attached hydrogens (tertiary/aromatic N) is 5. The van der Waals surface area contributed by atoms with Crippen molar-refractivity contribution >= 4 is 12.0 Å². The molecule has 3 aromatic rings. The standard InChI is InChI=1S/C38H50N6O5/c1-24(2)44-21-28(20-40-44)27-11-18-39-31(19-27)34(42-35(46)26-5-7-30(8-6-26)49-36(47)43-22-29(45)23-43)38-15-12-37(13-16-38,14-17-38)33-10-9-32(48-4)25(3)41-33/h9-11,18-21,24,26,29-30,34,45H,5-8,12-17,22-23H2,1-4H3,(H,42,46). The number of pyridine rings is 2. The van der Waals surface area contributed by atoms with Gasteiger partial charge in [0.2, 0.25) is 5.91 Å². The topological polar surface area (TPSA) is 132 Å². The van der Waals surface area contributed by atoms with Gasteiger partial charge in [-0.2, -0.15) is 5.10 Å². The maximum atomic E-state index is 14.1. The van der Waals surface area contributed by atoms with E-state index in [9.17, 15) is 14.7 Å². The van der Waals surface area contributed by atoms with Crippen molar-refractivity contribution in [2.45, 2.75) is 115 Å². The van der Waals surface area contributed by atoms with Gasteiger partial charge in [-0.25, -0.2) is 4.79 Å². The molecule has 1 aliphatic heterocycles. The van der Waals surface area contributed by atoms with E-state index in [2.05, 4.69) is 42.6 Å². The molecule has 262 valence electrons. The predicted octanol–water partition coefficient (Wildman–Crippen LogP) is 6.06. The molecule has 4 heterocycles. The van der Waals surface area contributed by atoms with Gasteiger partial charge >= 0.3 is 6.09 Å². The molecule has 0 radical (unpaired) electrons. The Hall–Kier alpha value is -3.99. The van der Waals surface area contributed by atoms with Crippen molar-refractivity contribution in [1.29, 1.82) is 0 Å². The molecule has 5 aliphatic rings. The van der Waals surface area contributed by atoms with Gasteiger partial charge < -0.3 is 24.8 Å². The van der Waals surface area contributed by atoms with Crippen LogP contribution in [0.5, 0.6) is 5.75 Å².